The number of rotatable bonds is 2. The van der Waals surface area contributed by atoms with E-state index in [4.69, 9.17) is 0 Å². The van der Waals surface area contributed by atoms with Crippen molar-refractivity contribution < 1.29 is 9.59 Å². The number of ketones is 2. The Kier molecular flexibility index (Phi) is 3.33. The lowest BCUT2D eigenvalue weighted by Gasteiger charge is -2.30. The van der Waals surface area contributed by atoms with Crippen molar-refractivity contribution >= 4 is 34.7 Å². The summed E-state index contributed by atoms with van der Waals surface area (Å²) in [5.74, 6) is 0.132. The third kappa shape index (κ3) is 2.36. The molecule has 0 saturated carbocycles. The number of hydrogen-bond donors (Lipinski definition) is 0. The molecule has 0 fully saturated rings. The van der Waals surface area contributed by atoms with Gasteiger partial charge in [-0.15, -0.1) is 0 Å². The van der Waals surface area contributed by atoms with E-state index < -0.39 is 0 Å². The largest absolute Gasteiger partial charge is 0.343 e. The molecular weight excluding hydrogens is 282 g/mol. The van der Waals surface area contributed by atoms with Gasteiger partial charge in [0.15, 0.2) is 11.6 Å². The lowest BCUT2D eigenvalue weighted by atomic mass is 10.1. The summed E-state index contributed by atoms with van der Waals surface area (Å²) in [6, 6.07) is 11.5. The van der Waals surface area contributed by atoms with E-state index in [1.54, 1.807) is 25.6 Å². The molecule has 0 N–H and O–H groups in total. The molecule has 0 unspecified atom stereocenters. The van der Waals surface area contributed by atoms with E-state index in [1.807, 2.05) is 43.4 Å². The molecule has 2 aromatic carbocycles. The maximum Gasteiger partial charge on any atom is 0.159 e. The highest BCUT2D eigenvalue weighted by Gasteiger charge is 2.22. The van der Waals surface area contributed by atoms with Gasteiger partial charge in [0.2, 0.25) is 0 Å². The molecule has 2 aromatic rings. The Labute approximate surface area is 128 Å². The predicted molar refractivity (Wildman–Crippen MR) is 85.1 cm³/mol. The Morgan fingerprint density at radius 2 is 1.48 bits per heavy atom. The maximum absolute atomic E-state index is 11.5. The van der Waals surface area contributed by atoms with Crippen molar-refractivity contribution in [1.29, 1.82) is 0 Å². The summed E-state index contributed by atoms with van der Waals surface area (Å²) in [6.45, 7) is 3.15. The molecule has 0 saturated heterocycles. The first-order valence-electron chi connectivity index (χ1n) is 6.69. The zero-order chi connectivity index (χ0) is 15.1. The molecule has 1 aliphatic heterocycles. The Hall–Kier alpha value is -2.07. The van der Waals surface area contributed by atoms with Gasteiger partial charge in [-0.3, -0.25) is 9.59 Å². The van der Waals surface area contributed by atoms with Crippen LogP contribution in [0.15, 0.2) is 46.2 Å². The number of anilines is 2. The number of carbonyl (C=O) groups is 2. The van der Waals surface area contributed by atoms with Gasteiger partial charge in [0.1, 0.15) is 0 Å². The summed E-state index contributed by atoms with van der Waals surface area (Å²) in [4.78, 5) is 27.3. The lowest BCUT2D eigenvalue weighted by Crippen LogP contribution is -2.15. The highest BCUT2D eigenvalue weighted by Crippen LogP contribution is 2.47. The number of hydrogen-bond acceptors (Lipinski definition) is 4. The van der Waals surface area contributed by atoms with Gasteiger partial charge in [0.25, 0.3) is 0 Å². The van der Waals surface area contributed by atoms with Crippen molar-refractivity contribution in [2.24, 2.45) is 0 Å². The van der Waals surface area contributed by atoms with Gasteiger partial charge >= 0.3 is 0 Å². The normalized spacial score (nSPS) is 12.6. The summed E-state index contributed by atoms with van der Waals surface area (Å²) in [5, 5.41) is 0. The van der Waals surface area contributed by atoms with Crippen LogP contribution < -0.4 is 4.90 Å². The maximum atomic E-state index is 11.5. The van der Waals surface area contributed by atoms with Crippen LogP contribution >= 0.6 is 11.8 Å². The average Bonchev–Trinajstić information content (AvgIpc) is 2.46. The quantitative estimate of drug-likeness (QED) is 0.773. The van der Waals surface area contributed by atoms with E-state index in [1.165, 1.54) is 0 Å². The molecule has 21 heavy (non-hydrogen) atoms. The second-order valence-electron chi connectivity index (χ2n) is 5.14. The first-order chi connectivity index (χ1) is 9.97. The molecule has 0 amide bonds. The highest BCUT2D eigenvalue weighted by atomic mass is 32.2. The lowest BCUT2D eigenvalue weighted by molar-refractivity contribution is 0.100. The van der Waals surface area contributed by atoms with Crippen molar-refractivity contribution in [2.45, 2.75) is 23.6 Å². The van der Waals surface area contributed by atoms with E-state index >= 15 is 0 Å². The number of fused-ring (bicyclic) bond motifs is 2. The van der Waals surface area contributed by atoms with Crippen LogP contribution in [0.2, 0.25) is 0 Å². The van der Waals surface area contributed by atoms with E-state index in [2.05, 4.69) is 4.90 Å². The van der Waals surface area contributed by atoms with Crippen molar-refractivity contribution in [1.82, 2.24) is 0 Å². The smallest absolute Gasteiger partial charge is 0.159 e. The van der Waals surface area contributed by atoms with Crippen LogP contribution in [0.4, 0.5) is 11.4 Å². The average molecular weight is 297 g/mol. The summed E-state index contributed by atoms with van der Waals surface area (Å²) < 4.78 is 0. The molecule has 3 nitrogen and oxygen atoms in total. The molecule has 106 valence electrons. The molecule has 0 aromatic heterocycles. The molecule has 4 heteroatoms. The molecule has 1 aliphatic rings. The fraction of sp³-hybridized carbons (Fsp3) is 0.176. The Bertz CT molecular complexity index is 767. The van der Waals surface area contributed by atoms with Crippen molar-refractivity contribution in [2.75, 3.05) is 11.9 Å². The second kappa shape index (κ2) is 5.04. The third-order valence-electron chi connectivity index (χ3n) is 3.67. The van der Waals surface area contributed by atoms with Crippen molar-refractivity contribution in [3.8, 4) is 0 Å². The molecule has 3 rings (SSSR count). The molecule has 0 bridgehead atoms. The van der Waals surface area contributed by atoms with Crippen LogP contribution in [0.3, 0.4) is 0 Å². The highest BCUT2D eigenvalue weighted by molar-refractivity contribution is 7.99. The summed E-state index contributed by atoms with van der Waals surface area (Å²) >= 11 is 1.63. The number of benzene rings is 2. The summed E-state index contributed by atoms with van der Waals surface area (Å²) in [5.41, 5.74) is 3.51. The van der Waals surface area contributed by atoms with E-state index in [0.717, 1.165) is 26.7 Å². The molecule has 0 aliphatic carbocycles. The first-order valence-corrected chi connectivity index (χ1v) is 7.50. The van der Waals surface area contributed by atoms with E-state index in [9.17, 15) is 9.59 Å². The van der Waals surface area contributed by atoms with Gasteiger partial charge in [-0.2, -0.15) is 0 Å². The minimum Gasteiger partial charge on any atom is -0.343 e. The van der Waals surface area contributed by atoms with Crippen molar-refractivity contribution in [3.63, 3.8) is 0 Å². The van der Waals surface area contributed by atoms with Crippen LogP contribution in [0.1, 0.15) is 34.6 Å². The first kappa shape index (κ1) is 13.9. The summed E-state index contributed by atoms with van der Waals surface area (Å²) in [6.07, 6.45) is 0. The number of carbonyl (C=O) groups excluding carboxylic acids is 2. The monoisotopic (exact) mass is 297 g/mol. The van der Waals surface area contributed by atoms with Gasteiger partial charge in [0, 0.05) is 28.0 Å². The standard InChI is InChI=1S/C17H15NO2S/c1-10(19)12-5-7-16-15(8-12)18(3)14-6-4-13(11(2)20)9-17(14)21-16/h4-9H,1-3H3. The van der Waals surface area contributed by atoms with E-state index in [-0.39, 0.29) is 11.6 Å². The molecule has 0 radical (unpaired) electrons. The van der Waals surface area contributed by atoms with Gasteiger partial charge in [0.05, 0.1) is 11.4 Å². The van der Waals surface area contributed by atoms with Gasteiger partial charge in [-0.25, -0.2) is 0 Å². The van der Waals surface area contributed by atoms with Crippen LogP contribution in [-0.4, -0.2) is 18.6 Å². The van der Waals surface area contributed by atoms with Crippen LogP contribution in [0.25, 0.3) is 0 Å². The van der Waals surface area contributed by atoms with Gasteiger partial charge in [-0.1, -0.05) is 17.8 Å². The van der Waals surface area contributed by atoms with Crippen molar-refractivity contribution in [3.05, 3.63) is 47.5 Å². The minimum atomic E-state index is 0.0638. The van der Waals surface area contributed by atoms with E-state index in [0.29, 0.717) is 5.56 Å². The topological polar surface area (TPSA) is 37.4 Å². The van der Waals surface area contributed by atoms with Crippen LogP contribution in [0, 0.1) is 0 Å². The molecular formula is C17H15NO2S. The predicted octanol–water partition coefficient (Wildman–Crippen LogP) is 4.32. The fourth-order valence-corrected chi connectivity index (χ4v) is 3.59. The molecule has 0 atom stereocenters. The third-order valence-corrected chi connectivity index (χ3v) is 4.79. The Morgan fingerprint density at radius 1 is 0.857 bits per heavy atom. The molecule has 1 heterocycles. The van der Waals surface area contributed by atoms with Crippen LogP contribution in [0.5, 0.6) is 0 Å². The number of Topliss-reactive ketones (excluding diaryl/α,β-unsaturated/α-hetero) is 2. The van der Waals surface area contributed by atoms with Gasteiger partial charge in [-0.05, 0) is 44.2 Å². The zero-order valence-electron chi connectivity index (χ0n) is 12.1. The molecule has 0 spiro atoms. The zero-order valence-corrected chi connectivity index (χ0v) is 13.0. The fourth-order valence-electron chi connectivity index (χ4n) is 2.42. The number of nitrogens with zero attached hydrogens (tertiary/aromatic N) is 1. The second-order valence-corrected chi connectivity index (χ2v) is 6.22. The Morgan fingerprint density at radius 3 is 2.14 bits per heavy atom. The minimum absolute atomic E-state index is 0.0638. The summed E-state index contributed by atoms with van der Waals surface area (Å²) in [7, 11) is 1.98. The van der Waals surface area contributed by atoms with Gasteiger partial charge < -0.3 is 4.90 Å². The SMILES string of the molecule is CC(=O)c1ccc2c(c1)Sc1ccc(C(C)=O)cc1N2C. The Balaban J connectivity index is 2.10. The van der Waals surface area contributed by atoms with Crippen LogP contribution in [-0.2, 0) is 0 Å².